The second-order valence-corrected chi connectivity index (χ2v) is 4.14. The molecule has 1 aromatic carbocycles. The summed E-state index contributed by atoms with van der Waals surface area (Å²) in [4.78, 5) is 22.1. The number of esters is 1. The largest absolute Gasteiger partial charge is 0.427 e. The topological polar surface area (TPSA) is 43.4 Å². The first-order chi connectivity index (χ1) is 8.17. The van der Waals surface area contributed by atoms with Gasteiger partial charge in [-0.15, -0.1) is 0 Å². The normalized spacial score (nSPS) is 10.0. The molecule has 0 radical (unpaired) electrons. The van der Waals surface area contributed by atoms with Gasteiger partial charge in [0.25, 0.3) is 0 Å². The maximum Gasteiger partial charge on any atom is 0.311 e. The summed E-state index contributed by atoms with van der Waals surface area (Å²) in [6.45, 7) is 2.07. The van der Waals surface area contributed by atoms with Gasteiger partial charge in [-0.2, -0.15) is 0 Å². The minimum atomic E-state index is -0.280. The Kier molecular flexibility index (Phi) is 5.70. The Morgan fingerprint density at radius 1 is 1.41 bits per heavy atom. The summed E-state index contributed by atoms with van der Waals surface area (Å²) < 4.78 is 5.10. The van der Waals surface area contributed by atoms with E-state index in [1.807, 2.05) is 0 Å². The molecule has 0 aliphatic rings. The molecule has 1 aromatic rings. The minimum Gasteiger partial charge on any atom is -0.427 e. The summed E-state index contributed by atoms with van der Waals surface area (Å²) in [6, 6.07) is 4.58. The Hall–Kier alpha value is -1.35. The highest BCUT2D eigenvalue weighted by atomic mass is 35.5. The number of carbonyl (C=O) groups excluding carboxylic acids is 2. The smallest absolute Gasteiger partial charge is 0.311 e. The molecule has 0 aliphatic heterocycles. The molecule has 4 heteroatoms. The molecule has 0 fully saturated rings. The Labute approximate surface area is 106 Å². The Morgan fingerprint density at radius 3 is 2.82 bits per heavy atom. The highest BCUT2D eigenvalue weighted by Crippen LogP contribution is 2.21. The molecule has 0 spiro atoms. The van der Waals surface area contributed by atoms with Gasteiger partial charge in [-0.3, -0.25) is 9.59 Å². The third-order valence-electron chi connectivity index (χ3n) is 2.31. The predicted octanol–water partition coefficient (Wildman–Crippen LogP) is 3.64. The number of hydrogen-bond donors (Lipinski definition) is 0. The van der Waals surface area contributed by atoms with E-state index in [1.54, 1.807) is 12.1 Å². The van der Waals surface area contributed by atoms with E-state index in [1.165, 1.54) is 6.07 Å². The van der Waals surface area contributed by atoms with Crippen LogP contribution in [-0.4, -0.2) is 12.3 Å². The van der Waals surface area contributed by atoms with Crippen molar-refractivity contribution in [3.05, 3.63) is 28.8 Å². The van der Waals surface area contributed by atoms with E-state index in [4.69, 9.17) is 16.3 Å². The molecule has 0 aliphatic carbocycles. The van der Waals surface area contributed by atoms with Crippen molar-refractivity contribution in [1.29, 1.82) is 0 Å². The summed E-state index contributed by atoms with van der Waals surface area (Å²) in [7, 11) is 0. The molecular weight excluding hydrogens is 240 g/mol. The summed E-state index contributed by atoms with van der Waals surface area (Å²) >= 11 is 5.76. The van der Waals surface area contributed by atoms with Gasteiger partial charge in [-0.05, 0) is 24.6 Å². The lowest BCUT2D eigenvalue weighted by Crippen LogP contribution is -2.07. The molecule has 1 rings (SSSR count). The molecule has 0 heterocycles. The van der Waals surface area contributed by atoms with Crippen molar-refractivity contribution in [2.75, 3.05) is 0 Å². The van der Waals surface area contributed by atoms with Crippen LogP contribution in [-0.2, 0) is 4.79 Å². The third-order valence-corrected chi connectivity index (χ3v) is 2.65. The minimum absolute atomic E-state index is 0.280. The van der Waals surface area contributed by atoms with Crippen LogP contribution in [0.1, 0.15) is 43.0 Å². The zero-order valence-corrected chi connectivity index (χ0v) is 10.5. The summed E-state index contributed by atoms with van der Waals surface area (Å²) in [6.07, 6.45) is 3.92. The van der Waals surface area contributed by atoms with Crippen molar-refractivity contribution < 1.29 is 14.3 Å². The van der Waals surface area contributed by atoms with Crippen molar-refractivity contribution in [1.82, 2.24) is 0 Å². The molecular formula is C13H15ClO3. The van der Waals surface area contributed by atoms with Gasteiger partial charge in [0.2, 0.25) is 0 Å². The van der Waals surface area contributed by atoms with Crippen LogP contribution < -0.4 is 4.74 Å². The molecule has 0 saturated carbocycles. The third kappa shape index (κ3) is 4.57. The van der Waals surface area contributed by atoms with Gasteiger partial charge in [-0.1, -0.05) is 31.4 Å². The monoisotopic (exact) mass is 254 g/mol. The molecule has 17 heavy (non-hydrogen) atoms. The molecule has 3 nitrogen and oxygen atoms in total. The number of ether oxygens (including phenoxy) is 1. The number of benzene rings is 1. The Bertz CT molecular complexity index is 402. The quantitative estimate of drug-likeness (QED) is 0.337. The highest BCUT2D eigenvalue weighted by Gasteiger charge is 2.06. The first-order valence-electron chi connectivity index (χ1n) is 5.62. The van der Waals surface area contributed by atoms with E-state index in [0.717, 1.165) is 19.3 Å². The fourth-order valence-corrected chi connectivity index (χ4v) is 1.54. The van der Waals surface area contributed by atoms with Crippen molar-refractivity contribution in [2.24, 2.45) is 0 Å². The number of halogens is 1. The Balaban J connectivity index is 2.56. The standard InChI is InChI=1S/C13H15ClO3/c1-2-3-4-5-13(16)17-11-6-7-12(14)10(8-11)9-15/h6-9H,2-5H2,1H3. The van der Waals surface area contributed by atoms with Crippen LogP contribution >= 0.6 is 11.6 Å². The summed E-state index contributed by atoms with van der Waals surface area (Å²) in [5.74, 6) is 0.0793. The zero-order valence-electron chi connectivity index (χ0n) is 9.74. The first kappa shape index (κ1) is 13.7. The highest BCUT2D eigenvalue weighted by molar-refractivity contribution is 6.33. The molecule has 0 saturated heterocycles. The lowest BCUT2D eigenvalue weighted by molar-refractivity contribution is -0.134. The van der Waals surface area contributed by atoms with E-state index in [2.05, 4.69) is 6.92 Å². The zero-order chi connectivity index (χ0) is 12.7. The number of carbonyl (C=O) groups is 2. The molecule has 0 bridgehead atoms. The molecule has 0 atom stereocenters. The lowest BCUT2D eigenvalue weighted by atomic mass is 10.2. The second kappa shape index (κ2) is 7.07. The van der Waals surface area contributed by atoms with Gasteiger partial charge >= 0.3 is 5.97 Å². The van der Waals surface area contributed by atoms with Crippen LogP contribution in [0.3, 0.4) is 0 Å². The van der Waals surface area contributed by atoms with Gasteiger partial charge in [0, 0.05) is 12.0 Å². The second-order valence-electron chi connectivity index (χ2n) is 3.73. The lowest BCUT2D eigenvalue weighted by Gasteiger charge is -2.05. The van der Waals surface area contributed by atoms with Crippen LogP contribution in [0.2, 0.25) is 5.02 Å². The Morgan fingerprint density at radius 2 is 2.18 bits per heavy atom. The van der Waals surface area contributed by atoms with Crippen LogP contribution in [0.5, 0.6) is 5.75 Å². The molecule has 0 N–H and O–H groups in total. The van der Waals surface area contributed by atoms with Gasteiger partial charge < -0.3 is 4.74 Å². The van der Waals surface area contributed by atoms with Gasteiger partial charge in [0.1, 0.15) is 5.75 Å². The van der Waals surface area contributed by atoms with E-state index >= 15 is 0 Å². The SMILES string of the molecule is CCCCCC(=O)Oc1ccc(Cl)c(C=O)c1. The maximum atomic E-state index is 11.4. The number of aldehydes is 1. The van der Waals surface area contributed by atoms with Crippen molar-refractivity contribution in [2.45, 2.75) is 32.6 Å². The number of unbranched alkanes of at least 4 members (excludes halogenated alkanes) is 2. The van der Waals surface area contributed by atoms with Crippen molar-refractivity contribution in [3.8, 4) is 5.75 Å². The van der Waals surface area contributed by atoms with E-state index in [-0.39, 0.29) is 5.97 Å². The van der Waals surface area contributed by atoms with E-state index < -0.39 is 0 Å². The summed E-state index contributed by atoms with van der Waals surface area (Å²) in [5.41, 5.74) is 0.325. The van der Waals surface area contributed by atoms with Gasteiger partial charge in [-0.25, -0.2) is 0 Å². The average Bonchev–Trinajstić information content (AvgIpc) is 2.32. The average molecular weight is 255 g/mol. The maximum absolute atomic E-state index is 11.4. The van der Waals surface area contributed by atoms with E-state index in [0.29, 0.717) is 29.0 Å². The van der Waals surface area contributed by atoms with Crippen LogP contribution in [0, 0.1) is 0 Å². The summed E-state index contributed by atoms with van der Waals surface area (Å²) in [5, 5.41) is 0.353. The van der Waals surface area contributed by atoms with Gasteiger partial charge in [0.05, 0.1) is 5.02 Å². The number of hydrogen-bond acceptors (Lipinski definition) is 3. The van der Waals surface area contributed by atoms with Gasteiger partial charge in [0.15, 0.2) is 6.29 Å². The van der Waals surface area contributed by atoms with E-state index in [9.17, 15) is 9.59 Å². The van der Waals surface area contributed by atoms with Crippen molar-refractivity contribution in [3.63, 3.8) is 0 Å². The van der Waals surface area contributed by atoms with Crippen LogP contribution in [0.15, 0.2) is 18.2 Å². The van der Waals surface area contributed by atoms with Crippen LogP contribution in [0.4, 0.5) is 0 Å². The molecule has 0 unspecified atom stereocenters. The first-order valence-corrected chi connectivity index (χ1v) is 6.00. The molecule has 92 valence electrons. The fourth-order valence-electron chi connectivity index (χ4n) is 1.38. The van der Waals surface area contributed by atoms with Crippen molar-refractivity contribution >= 4 is 23.9 Å². The number of rotatable bonds is 6. The predicted molar refractivity (Wildman–Crippen MR) is 66.6 cm³/mol. The van der Waals surface area contributed by atoms with Crippen LogP contribution in [0.25, 0.3) is 0 Å². The molecule has 0 amide bonds. The molecule has 0 aromatic heterocycles. The fraction of sp³-hybridized carbons (Fsp3) is 0.385.